The molecule has 3 nitrogen and oxygen atoms in total. The van der Waals surface area contributed by atoms with Gasteiger partial charge in [-0.3, -0.25) is 0 Å². The second-order valence-electron chi connectivity index (χ2n) is 3.18. The molecule has 0 saturated carbocycles. The molecular formula is C11H13N3. The summed E-state index contributed by atoms with van der Waals surface area (Å²) in [6.07, 6.45) is 0. The van der Waals surface area contributed by atoms with E-state index in [-0.39, 0.29) is 0 Å². The molecule has 0 aliphatic heterocycles. The van der Waals surface area contributed by atoms with E-state index in [1.807, 2.05) is 31.3 Å². The number of nitrogens with two attached hydrogens (primary N) is 1. The van der Waals surface area contributed by atoms with Crippen molar-refractivity contribution in [2.75, 3.05) is 12.4 Å². The van der Waals surface area contributed by atoms with Crippen molar-refractivity contribution in [1.29, 1.82) is 0 Å². The summed E-state index contributed by atoms with van der Waals surface area (Å²) in [6.45, 7) is 0.573. The molecule has 0 unspecified atom stereocenters. The maximum Gasteiger partial charge on any atom is 0.126 e. The largest absolute Gasteiger partial charge is 0.373 e. The highest BCUT2D eigenvalue weighted by atomic mass is 15.0. The van der Waals surface area contributed by atoms with E-state index in [1.54, 1.807) is 0 Å². The van der Waals surface area contributed by atoms with Gasteiger partial charge in [-0.05, 0) is 29.8 Å². The van der Waals surface area contributed by atoms with Crippen molar-refractivity contribution in [1.82, 2.24) is 4.98 Å². The zero-order chi connectivity index (χ0) is 9.97. The van der Waals surface area contributed by atoms with Gasteiger partial charge < -0.3 is 11.1 Å². The van der Waals surface area contributed by atoms with Gasteiger partial charge in [0.2, 0.25) is 0 Å². The Hall–Kier alpha value is -1.61. The number of hydrogen-bond donors (Lipinski definition) is 2. The molecule has 14 heavy (non-hydrogen) atoms. The molecule has 0 radical (unpaired) electrons. The number of nitrogens with zero attached hydrogens (tertiary/aromatic N) is 1. The number of fused-ring (bicyclic) bond motifs is 1. The fourth-order valence-electron chi connectivity index (χ4n) is 1.44. The number of anilines is 1. The first-order chi connectivity index (χ1) is 6.83. The van der Waals surface area contributed by atoms with E-state index in [0.29, 0.717) is 6.54 Å². The Bertz CT molecular complexity index is 408. The van der Waals surface area contributed by atoms with Crippen molar-refractivity contribution in [3.63, 3.8) is 0 Å². The van der Waals surface area contributed by atoms with Crippen LogP contribution in [0.1, 0.15) is 5.56 Å². The smallest absolute Gasteiger partial charge is 0.126 e. The zero-order valence-corrected chi connectivity index (χ0v) is 8.12. The van der Waals surface area contributed by atoms with Crippen LogP contribution in [-0.4, -0.2) is 12.0 Å². The van der Waals surface area contributed by atoms with E-state index in [4.69, 9.17) is 5.73 Å². The molecule has 1 aromatic carbocycles. The van der Waals surface area contributed by atoms with E-state index in [0.717, 1.165) is 22.3 Å². The average Bonchev–Trinajstić information content (AvgIpc) is 2.27. The van der Waals surface area contributed by atoms with Gasteiger partial charge in [-0.1, -0.05) is 6.07 Å². The van der Waals surface area contributed by atoms with Crippen molar-refractivity contribution in [3.8, 4) is 0 Å². The monoisotopic (exact) mass is 187 g/mol. The molecule has 2 aromatic rings. The molecule has 3 N–H and O–H groups in total. The van der Waals surface area contributed by atoms with Crippen molar-refractivity contribution < 1.29 is 0 Å². The lowest BCUT2D eigenvalue weighted by atomic mass is 10.1. The van der Waals surface area contributed by atoms with Crippen molar-refractivity contribution in [2.45, 2.75) is 6.54 Å². The molecule has 0 fully saturated rings. The Morgan fingerprint density at radius 3 is 2.86 bits per heavy atom. The highest BCUT2D eigenvalue weighted by molar-refractivity contribution is 5.80. The molecule has 0 saturated heterocycles. The first kappa shape index (κ1) is 8.97. The van der Waals surface area contributed by atoms with E-state index in [9.17, 15) is 0 Å². The number of hydrogen-bond acceptors (Lipinski definition) is 3. The minimum absolute atomic E-state index is 0.573. The third kappa shape index (κ3) is 1.54. The number of pyridine rings is 1. The average molecular weight is 187 g/mol. The van der Waals surface area contributed by atoms with Crippen LogP contribution in [0.5, 0.6) is 0 Å². The Morgan fingerprint density at radius 1 is 1.29 bits per heavy atom. The predicted octanol–water partition coefficient (Wildman–Crippen LogP) is 1.74. The molecule has 1 aromatic heterocycles. The molecular weight excluding hydrogens is 174 g/mol. The molecule has 2 rings (SSSR count). The first-order valence-electron chi connectivity index (χ1n) is 4.61. The minimum Gasteiger partial charge on any atom is -0.373 e. The third-order valence-electron chi connectivity index (χ3n) is 2.25. The maximum absolute atomic E-state index is 5.56. The topological polar surface area (TPSA) is 50.9 Å². The Kier molecular flexibility index (Phi) is 2.33. The number of nitrogens with one attached hydrogen (secondary N) is 1. The van der Waals surface area contributed by atoms with E-state index < -0.39 is 0 Å². The molecule has 0 aliphatic carbocycles. The first-order valence-corrected chi connectivity index (χ1v) is 4.61. The number of rotatable bonds is 2. The molecule has 0 spiro atoms. The van der Waals surface area contributed by atoms with E-state index >= 15 is 0 Å². The summed E-state index contributed by atoms with van der Waals surface area (Å²) in [6, 6.07) is 10.1. The van der Waals surface area contributed by atoms with Crippen LogP contribution in [0.3, 0.4) is 0 Å². The van der Waals surface area contributed by atoms with Crippen LogP contribution in [-0.2, 0) is 6.54 Å². The van der Waals surface area contributed by atoms with Gasteiger partial charge in [-0.15, -0.1) is 0 Å². The van der Waals surface area contributed by atoms with Gasteiger partial charge in [0.15, 0.2) is 0 Å². The fraction of sp³-hybridized carbons (Fsp3) is 0.182. The lowest BCUT2D eigenvalue weighted by Gasteiger charge is -2.03. The Morgan fingerprint density at radius 2 is 2.14 bits per heavy atom. The van der Waals surface area contributed by atoms with Gasteiger partial charge >= 0.3 is 0 Å². The third-order valence-corrected chi connectivity index (χ3v) is 2.25. The molecule has 0 amide bonds. The van der Waals surface area contributed by atoms with E-state index in [1.165, 1.54) is 0 Å². The normalized spacial score (nSPS) is 10.4. The summed E-state index contributed by atoms with van der Waals surface area (Å²) in [5.74, 6) is 0.887. The zero-order valence-electron chi connectivity index (χ0n) is 8.12. The Labute approximate surface area is 83.0 Å². The second kappa shape index (κ2) is 3.64. The molecule has 0 aliphatic rings. The van der Waals surface area contributed by atoms with Crippen LogP contribution in [0.25, 0.3) is 10.9 Å². The summed E-state index contributed by atoms with van der Waals surface area (Å²) in [5.41, 5.74) is 7.69. The van der Waals surface area contributed by atoms with Crippen LogP contribution in [0.4, 0.5) is 5.82 Å². The summed E-state index contributed by atoms with van der Waals surface area (Å²) < 4.78 is 0. The summed E-state index contributed by atoms with van der Waals surface area (Å²) >= 11 is 0. The summed E-state index contributed by atoms with van der Waals surface area (Å²) in [4.78, 5) is 4.42. The molecule has 72 valence electrons. The summed E-state index contributed by atoms with van der Waals surface area (Å²) in [7, 11) is 1.86. The molecule has 3 heteroatoms. The number of benzene rings is 1. The van der Waals surface area contributed by atoms with Gasteiger partial charge in [0.25, 0.3) is 0 Å². The number of aromatic nitrogens is 1. The maximum atomic E-state index is 5.56. The fourth-order valence-corrected chi connectivity index (χ4v) is 1.44. The van der Waals surface area contributed by atoms with Gasteiger partial charge in [0, 0.05) is 19.0 Å². The van der Waals surface area contributed by atoms with E-state index in [2.05, 4.69) is 16.4 Å². The van der Waals surface area contributed by atoms with Gasteiger partial charge in [-0.25, -0.2) is 4.98 Å². The Balaban J connectivity index is 2.57. The highest BCUT2D eigenvalue weighted by Gasteiger charge is 1.97. The van der Waals surface area contributed by atoms with Crippen LogP contribution >= 0.6 is 0 Å². The minimum atomic E-state index is 0.573. The highest BCUT2D eigenvalue weighted by Crippen LogP contribution is 2.16. The van der Waals surface area contributed by atoms with Crippen molar-refractivity contribution >= 4 is 16.7 Å². The van der Waals surface area contributed by atoms with Crippen LogP contribution in [0.2, 0.25) is 0 Å². The molecule has 0 atom stereocenters. The van der Waals surface area contributed by atoms with Gasteiger partial charge in [-0.2, -0.15) is 0 Å². The van der Waals surface area contributed by atoms with Crippen LogP contribution in [0, 0.1) is 0 Å². The lowest BCUT2D eigenvalue weighted by Crippen LogP contribution is -1.96. The van der Waals surface area contributed by atoms with Crippen LogP contribution < -0.4 is 11.1 Å². The standard InChI is InChI=1S/C11H13N3/c1-13-11-5-3-9-6-8(7-12)2-4-10(9)14-11/h2-6H,7,12H2,1H3,(H,13,14). The van der Waals surface area contributed by atoms with Crippen LogP contribution in [0.15, 0.2) is 30.3 Å². The van der Waals surface area contributed by atoms with Gasteiger partial charge in [0.1, 0.15) is 5.82 Å². The summed E-state index contributed by atoms with van der Waals surface area (Å²) in [5, 5.41) is 4.14. The predicted molar refractivity (Wildman–Crippen MR) is 59.2 cm³/mol. The SMILES string of the molecule is CNc1ccc2cc(CN)ccc2n1. The van der Waals surface area contributed by atoms with Crippen molar-refractivity contribution in [2.24, 2.45) is 5.73 Å². The van der Waals surface area contributed by atoms with Crippen molar-refractivity contribution in [3.05, 3.63) is 35.9 Å². The molecule has 0 bridgehead atoms. The van der Waals surface area contributed by atoms with Gasteiger partial charge in [0.05, 0.1) is 5.52 Å². The quantitative estimate of drug-likeness (QED) is 0.752. The lowest BCUT2D eigenvalue weighted by molar-refractivity contribution is 1.07. The molecule has 1 heterocycles. The second-order valence-corrected chi connectivity index (χ2v) is 3.18.